The number of nitrogens with zero attached hydrogens (tertiary/aromatic N) is 1. The minimum atomic E-state index is 0.176. The normalized spacial score (nSPS) is 19.5. The molecule has 1 aliphatic rings. The Balaban J connectivity index is 2.33. The van der Waals surface area contributed by atoms with E-state index in [2.05, 4.69) is 0 Å². The zero-order valence-corrected chi connectivity index (χ0v) is 8.89. The molecule has 0 aromatic heterocycles. The minimum absolute atomic E-state index is 0.176. The number of carbonyl (C=O) groups is 1. The third-order valence-electron chi connectivity index (χ3n) is 2.15. The summed E-state index contributed by atoms with van der Waals surface area (Å²) < 4.78 is 0. The van der Waals surface area contributed by atoms with Crippen LogP contribution in [0.25, 0.3) is 0 Å². The maximum absolute atomic E-state index is 11.5. The first-order valence-electron chi connectivity index (χ1n) is 4.68. The molecule has 1 N–H and O–H groups in total. The molecule has 1 fully saturated rings. The first-order valence-corrected chi connectivity index (χ1v) is 5.76. The molecule has 0 radical (unpaired) electrons. The van der Waals surface area contributed by atoms with E-state index < -0.39 is 0 Å². The van der Waals surface area contributed by atoms with E-state index in [0.29, 0.717) is 10.8 Å². The van der Waals surface area contributed by atoms with E-state index in [0.717, 1.165) is 37.3 Å². The summed E-state index contributed by atoms with van der Waals surface area (Å²) in [7, 11) is 0. The van der Waals surface area contributed by atoms with Crippen LogP contribution in [0.15, 0.2) is 0 Å². The maximum Gasteiger partial charge on any atom is 0.231 e. The van der Waals surface area contributed by atoms with Gasteiger partial charge >= 0.3 is 0 Å². The number of thiol groups is 1. The molecule has 1 rings (SSSR count). The first kappa shape index (κ1) is 10.7. The van der Waals surface area contributed by atoms with Crippen LogP contribution in [0.1, 0.15) is 26.2 Å². The zero-order valence-electron chi connectivity index (χ0n) is 7.99. The van der Waals surface area contributed by atoms with E-state index in [9.17, 15) is 4.79 Å². The summed E-state index contributed by atoms with van der Waals surface area (Å²) in [6, 6.07) is 0. The van der Waals surface area contributed by atoms with Gasteiger partial charge in [-0.2, -0.15) is 11.4 Å². The van der Waals surface area contributed by atoms with Crippen LogP contribution in [-0.2, 0) is 4.79 Å². The van der Waals surface area contributed by atoms with Crippen molar-refractivity contribution >= 4 is 22.3 Å². The Morgan fingerprint density at radius 3 is 2.54 bits per heavy atom. The fourth-order valence-electron chi connectivity index (χ4n) is 1.43. The van der Waals surface area contributed by atoms with Crippen LogP contribution in [0.5, 0.6) is 0 Å². The van der Waals surface area contributed by atoms with Gasteiger partial charge in [-0.1, -0.05) is 0 Å². The summed E-state index contributed by atoms with van der Waals surface area (Å²) in [5, 5.41) is 9.26. The van der Waals surface area contributed by atoms with Crippen molar-refractivity contribution in [3.63, 3.8) is 0 Å². The summed E-state index contributed by atoms with van der Waals surface area (Å²) in [5.74, 6) is 0.609. The monoisotopic (exact) mass is 203 g/mol. The lowest BCUT2D eigenvalue weighted by Gasteiger charge is -2.26. The number of hydrogen-bond donors (Lipinski definition) is 2. The SMILES string of the molecule is CC(O)=[SH]CC(=O)N1CCCCC1. The smallest absolute Gasteiger partial charge is 0.231 e. The van der Waals surface area contributed by atoms with Crippen LogP contribution in [-0.4, -0.2) is 39.8 Å². The lowest BCUT2D eigenvalue weighted by Crippen LogP contribution is -2.36. The molecular weight excluding hydrogens is 186 g/mol. The summed E-state index contributed by atoms with van der Waals surface area (Å²) in [5.41, 5.74) is 0. The molecule has 1 aliphatic heterocycles. The summed E-state index contributed by atoms with van der Waals surface area (Å²) >= 11 is 0.744. The van der Waals surface area contributed by atoms with Gasteiger partial charge in [0.25, 0.3) is 0 Å². The Hall–Kier alpha value is -0.350. The van der Waals surface area contributed by atoms with Crippen LogP contribution in [0, 0.1) is 0 Å². The van der Waals surface area contributed by atoms with Crippen molar-refractivity contribution in [2.24, 2.45) is 0 Å². The average molecular weight is 203 g/mol. The molecule has 4 heteroatoms. The molecule has 1 saturated heterocycles. The highest BCUT2D eigenvalue weighted by atomic mass is 32.1. The van der Waals surface area contributed by atoms with Gasteiger partial charge in [0.1, 0.15) is 0 Å². The van der Waals surface area contributed by atoms with Crippen LogP contribution < -0.4 is 0 Å². The second-order valence-electron chi connectivity index (χ2n) is 3.30. The molecule has 0 aromatic rings. The fourth-order valence-corrected chi connectivity index (χ4v) is 1.99. The van der Waals surface area contributed by atoms with E-state index in [1.165, 1.54) is 6.42 Å². The number of carbonyl (C=O) groups excluding carboxylic acids is 1. The predicted molar refractivity (Wildman–Crippen MR) is 57.6 cm³/mol. The molecule has 0 aromatic carbocycles. The van der Waals surface area contributed by atoms with E-state index in [1.807, 2.05) is 4.90 Å². The van der Waals surface area contributed by atoms with Gasteiger partial charge < -0.3 is 10.0 Å². The molecule has 0 atom stereocenters. The van der Waals surface area contributed by atoms with Crippen LogP contribution in [0.2, 0.25) is 0 Å². The van der Waals surface area contributed by atoms with Crippen molar-refractivity contribution in [1.82, 2.24) is 4.90 Å². The number of hydrogen-bond acceptors (Lipinski definition) is 1. The molecule has 1 amide bonds. The minimum Gasteiger partial charge on any atom is -0.360 e. The van der Waals surface area contributed by atoms with Crippen molar-refractivity contribution < 1.29 is 9.90 Å². The fraction of sp³-hybridized carbons (Fsp3) is 0.778. The van der Waals surface area contributed by atoms with Gasteiger partial charge in [-0.05, 0) is 26.2 Å². The van der Waals surface area contributed by atoms with E-state index >= 15 is 0 Å². The molecule has 0 bridgehead atoms. The quantitative estimate of drug-likeness (QED) is 0.522. The molecule has 0 spiro atoms. The second-order valence-corrected chi connectivity index (χ2v) is 4.58. The van der Waals surface area contributed by atoms with Crippen molar-refractivity contribution in [3.8, 4) is 0 Å². The Kier molecular flexibility index (Phi) is 4.45. The largest absolute Gasteiger partial charge is 0.360 e. The van der Waals surface area contributed by atoms with Crippen molar-refractivity contribution in [2.75, 3.05) is 18.8 Å². The molecule has 0 aliphatic carbocycles. The van der Waals surface area contributed by atoms with Crippen molar-refractivity contribution in [2.45, 2.75) is 26.2 Å². The number of rotatable bonds is 2. The number of amides is 1. The summed E-state index contributed by atoms with van der Waals surface area (Å²) in [6.07, 6.45) is 3.50. The topological polar surface area (TPSA) is 40.5 Å². The Morgan fingerprint density at radius 1 is 1.38 bits per heavy atom. The van der Waals surface area contributed by atoms with E-state index in [-0.39, 0.29) is 5.91 Å². The predicted octanol–water partition coefficient (Wildman–Crippen LogP) is 1.17. The third kappa shape index (κ3) is 3.91. The molecule has 0 saturated carbocycles. The Labute approximate surface area is 82.7 Å². The lowest BCUT2D eigenvalue weighted by molar-refractivity contribution is -0.129. The molecule has 3 nitrogen and oxygen atoms in total. The number of aliphatic hydroxyl groups is 1. The number of piperidine rings is 1. The average Bonchev–Trinajstić information content (AvgIpc) is 2.15. The first-order chi connectivity index (χ1) is 6.20. The number of aliphatic hydroxyl groups excluding tert-OH is 1. The Morgan fingerprint density at radius 2 is 2.00 bits per heavy atom. The molecule has 0 unspecified atom stereocenters. The highest BCUT2D eigenvalue weighted by molar-refractivity contribution is 7.99. The van der Waals surface area contributed by atoms with Gasteiger partial charge in [-0.25, -0.2) is 0 Å². The van der Waals surface area contributed by atoms with Crippen molar-refractivity contribution in [1.29, 1.82) is 0 Å². The van der Waals surface area contributed by atoms with Gasteiger partial charge in [0.2, 0.25) is 5.91 Å². The van der Waals surface area contributed by atoms with E-state index in [4.69, 9.17) is 5.11 Å². The third-order valence-corrected chi connectivity index (χ3v) is 3.04. The van der Waals surface area contributed by atoms with Gasteiger partial charge in [-0.15, -0.1) is 0 Å². The second kappa shape index (κ2) is 5.40. The van der Waals surface area contributed by atoms with Crippen LogP contribution in [0.3, 0.4) is 0 Å². The summed E-state index contributed by atoms with van der Waals surface area (Å²) in [6.45, 7) is 3.43. The van der Waals surface area contributed by atoms with Gasteiger partial charge in [-0.3, -0.25) is 4.79 Å². The van der Waals surface area contributed by atoms with Crippen LogP contribution in [0.4, 0.5) is 0 Å². The standard InChI is InChI=1S/C9H17NO2S/c1-8(11)13-7-9(12)10-5-3-2-4-6-10/h11,13H,2-7H2,1H3. The lowest BCUT2D eigenvalue weighted by atomic mass is 10.1. The highest BCUT2D eigenvalue weighted by Gasteiger charge is 2.14. The molecule has 76 valence electrons. The molecule has 13 heavy (non-hydrogen) atoms. The van der Waals surface area contributed by atoms with Gasteiger partial charge in [0.15, 0.2) is 0 Å². The summed E-state index contributed by atoms with van der Waals surface area (Å²) in [4.78, 5) is 13.4. The van der Waals surface area contributed by atoms with Crippen molar-refractivity contribution in [3.05, 3.63) is 0 Å². The van der Waals surface area contributed by atoms with Gasteiger partial charge in [0.05, 0.1) is 10.8 Å². The van der Waals surface area contributed by atoms with Gasteiger partial charge in [0, 0.05) is 13.1 Å². The Bertz CT molecular complexity index is 206. The number of likely N-dealkylation sites (tertiary alicyclic amines) is 1. The zero-order chi connectivity index (χ0) is 9.68. The molecular formula is C9H17NO2S. The van der Waals surface area contributed by atoms with E-state index in [1.54, 1.807) is 6.92 Å². The molecule has 1 heterocycles. The highest BCUT2D eigenvalue weighted by Crippen LogP contribution is 2.09. The van der Waals surface area contributed by atoms with Crippen LogP contribution >= 0.6 is 11.4 Å². The maximum atomic E-state index is 11.5.